The highest BCUT2D eigenvalue weighted by molar-refractivity contribution is 5.69. The van der Waals surface area contributed by atoms with E-state index in [-0.39, 0.29) is 18.3 Å². The molecule has 5 nitrogen and oxygen atoms in total. The molecule has 0 aliphatic heterocycles. The van der Waals surface area contributed by atoms with Gasteiger partial charge < -0.3 is 14.2 Å². The molecule has 0 bridgehead atoms. The first-order valence-corrected chi connectivity index (χ1v) is 10.1. The Kier molecular flexibility index (Phi) is 9.21. The molecule has 1 unspecified atom stereocenters. The lowest BCUT2D eigenvalue weighted by molar-refractivity contribution is -0.168. The van der Waals surface area contributed by atoms with Crippen molar-refractivity contribution >= 4 is 5.97 Å². The maximum absolute atomic E-state index is 11.8. The summed E-state index contributed by atoms with van der Waals surface area (Å²) < 4.78 is 16.2. The molecule has 0 N–H and O–H groups in total. The Hall–Kier alpha value is -0.650. The van der Waals surface area contributed by atoms with Gasteiger partial charge in [-0.25, -0.2) is 0 Å². The molecular weight excluding hydrogens is 318 g/mol. The largest absolute Gasteiger partial charge is 0.469 e. The summed E-state index contributed by atoms with van der Waals surface area (Å²) in [4.78, 5) is 14.5. The van der Waals surface area contributed by atoms with Gasteiger partial charge in [-0.3, -0.25) is 9.69 Å². The van der Waals surface area contributed by atoms with Crippen LogP contribution in [0.25, 0.3) is 0 Å². The maximum atomic E-state index is 11.8. The lowest BCUT2D eigenvalue weighted by Crippen LogP contribution is -2.56. The fourth-order valence-electron chi connectivity index (χ4n) is 4.80. The molecule has 0 heterocycles. The van der Waals surface area contributed by atoms with Crippen LogP contribution in [0, 0.1) is 0 Å². The molecule has 0 radical (unpaired) electrons. The molecule has 0 aromatic rings. The molecule has 2 fully saturated rings. The van der Waals surface area contributed by atoms with E-state index in [2.05, 4.69) is 4.90 Å². The van der Waals surface area contributed by atoms with Gasteiger partial charge in [-0.15, -0.1) is 0 Å². The molecule has 5 heteroatoms. The summed E-state index contributed by atoms with van der Waals surface area (Å²) >= 11 is 0. The van der Waals surface area contributed by atoms with Crippen molar-refractivity contribution < 1.29 is 19.0 Å². The van der Waals surface area contributed by atoms with Crippen molar-refractivity contribution in [1.29, 1.82) is 0 Å². The van der Waals surface area contributed by atoms with Gasteiger partial charge in [-0.05, 0) is 32.1 Å². The third-order valence-corrected chi connectivity index (χ3v) is 6.03. The van der Waals surface area contributed by atoms with Gasteiger partial charge in [0.2, 0.25) is 0 Å². The first kappa shape index (κ1) is 20.7. The topological polar surface area (TPSA) is 48.0 Å². The van der Waals surface area contributed by atoms with Crippen LogP contribution in [0.15, 0.2) is 0 Å². The summed E-state index contributed by atoms with van der Waals surface area (Å²) in [5.41, 5.74) is 0. The van der Waals surface area contributed by atoms with E-state index in [4.69, 9.17) is 14.2 Å². The fourth-order valence-corrected chi connectivity index (χ4v) is 4.80. The number of hydrogen-bond acceptors (Lipinski definition) is 5. The van der Waals surface area contributed by atoms with Crippen LogP contribution in [-0.4, -0.2) is 56.6 Å². The van der Waals surface area contributed by atoms with Crippen molar-refractivity contribution in [1.82, 2.24) is 4.90 Å². The third-order valence-electron chi connectivity index (χ3n) is 6.03. The van der Waals surface area contributed by atoms with E-state index in [1.807, 2.05) is 0 Å². The SMILES string of the molecule is COC(=O)CCC(C(OC)OC)N(C1CCCCC1)C1CCCCC1. The highest BCUT2D eigenvalue weighted by Gasteiger charge is 2.38. The molecule has 2 rings (SSSR count). The van der Waals surface area contributed by atoms with E-state index in [0.717, 1.165) is 6.42 Å². The Balaban J connectivity index is 2.20. The molecule has 0 amide bonds. The number of rotatable bonds is 9. The van der Waals surface area contributed by atoms with Gasteiger partial charge in [0.25, 0.3) is 0 Å². The van der Waals surface area contributed by atoms with Crippen LogP contribution in [0.1, 0.15) is 77.0 Å². The second-order valence-electron chi connectivity index (χ2n) is 7.55. The van der Waals surface area contributed by atoms with Crippen LogP contribution in [0.4, 0.5) is 0 Å². The number of hydrogen-bond donors (Lipinski definition) is 0. The molecule has 0 aromatic carbocycles. The molecule has 146 valence electrons. The van der Waals surface area contributed by atoms with Crippen LogP contribution in [0.5, 0.6) is 0 Å². The van der Waals surface area contributed by atoms with E-state index in [0.29, 0.717) is 18.5 Å². The van der Waals surface area contributed by atoms with Crippen LogP contribution in [-0.2, 0) is 19.0 Å². The highest BCUT2D eigenvalue weighted by Crippen LogP contribution is 2.34. The Morgan fingerprint density at radius 1 is 0.880 bits per heavy atom. The van der Waals surface area contributed by atoms with Crippen molar-refractivity contribution in [2.75, 3.05) is 21.3 Å². The fraction of sp³-hybridized carbons (Fsp3) is 0.950. The minimum absolute atomic E-state index is 0.111. The van der Waals surface area contributed by atoms with E-state index in [1.54, 1.807) is 14.2 Å². The molecule has 2 aliphatic carbocycles. The Labute approximate surface area is 153 Å². The van der Waals surface area contributed by atoms with Gasteiger partial charge in [-0.1, -0.05) is 38.5 Å². The van der Waals surface area contributed by atoms with Crippen molar-refractivity contribution in [3.63, 3.8) is 0 Å². The molecule has 0 saturated heterocycles. The standard InChI is InChI=1S/C20H37NO4/c1-23-19(22)15-14-18(20(24-2)25-3)21(16-10-6-4-7-11-16)17-12-8-5-9-13-17/h16-18,20H,4-15H2,1-3H3. The average molecular weight is 356 g/mol. The first-order chi connectivity index (χ1) is 12.2. The smallest absolute Gasteiger partial charge is 0.305 e. The number of methoxy groups -OCH3 is 3. The van der Waals surface area contributed by atoms with Crippen LogP contribution < -0.4 is 0 Å². The number of nitrogens with zero attached hydrogens (tertiary/aromatic N) is 1. The second kappa shape index (κ2) is 11.1. The van der Waals surface area contributed by atoms with Crippen molar-refractivity contribution in [3.8, 4) is 0 Å². The van der Waals surface area contributed by atoms with Crippen LogP contribution in [0.2, 0.25) is 0 Å². The van der Waals surface area contributed by atoms with Gasteiger partial charge in [0, 0.05) is 32.7 Å². The first-order valence-electron chi connectivity index (χ1n) is 10.1. The van der Waals surface area contributed by atoms with Gasteiger partial charge in [0.1, 0.15) is 0 Å². The molecule has 2 aliphatic rings. The van der Waals surface area contributed by atoms with Crippen LogP contribution >= 0.6 is 0 Å². The van der Waals surface area contributed by atoms with E-state index in [1.165, 1.54) is 71.3 Å². The second-order valence-corrected chi connectivity index (χ2v) is 7.55. The van der Waals surface area contributed by atoms with E-state index >= 15 is 0 Å². The van der Waals surface area contributed by atoms with Crippen molar-refractivity contribution in [2.24, 2.45) is 0 Å². The summed E-state index contributed by atoms with van der Waals surface area (Å²) in [7, 11) is 4.87. The Morgan fingerprint density at radius 3 is 1.76 bits per heavy atom. The zero-order valence-corrected chi connectivity index (χ0v) is 16.4. The van der Waals surface area contributed by atoms with Gasteiger partial charge in [-0.2, -0.15) is 0 Å². The van der Waals surface area contributed by atoms with E-state index < -0.39 is 0 Å². The monoisotopic (exact) mass is 355 g/mol. The normalized spacial score (nSPS) is 21.6. The van der Waals surface area contributed by atoms with Crippen molar-refractivity contribution in [3.05, 3.63) is 0 Å². The van der Waals surface area contributed by atoms with E-state index in [9.17, 15) is 4.79 Å². The Bertz CT molecular complexity index is 356. The summed E-state index contributed by atoms with van der Waals surface area (Å²) in [5, 5.41) is 0. The quantitative estimate of drug-likeness (QED) is 0.464. The molecule has 0 spiro atoms. The summed E-state index contributed by atoms with van der Waals surface area (Å²) in [6.45, 7) is 0. The minimum Gasteiger partial charge on any atom is -0.469 e. The predicted octanol–water partition coefficient (Wildman–Crippen LogP) is 3.89. The molecule has 0 aromatic heterocycles. The molecular formula is C20H37NO4. The predicted molar refractivity (Wildman–Crippen MR) is 98.4 cm³/mol. The summed E-state index contributed by atoms with van der Waals surface area (Å²) in [6, 6.07) is 1.29. The number of carbonyl (C=O) groups is 1. The van der Waals surface area contributed by atoms with Gasteiger partial charge >= 0.3 is 5.97 Å². The summed E-state index contributed by atoms with van der Waals surface area (Å²) in [6.07, 6.45) is 13.8. The number of carbonyl (C=O) groups excluding carboxylic acids is 1. The zero-order valence-electron chi connectivity index (χ0n) is 16.4. The minimum atomic E-state index is -0.298. The maximum Gasteiger partial charge on any atom is 0.305 e. The third kappa shape index (κ3) is 5.93. The highest BCUT2D eigenvalue weighted by atomic mass is 16.7. The molecule has 2 saturated carbocycles. The average Bonchev–Trinajstić information content (AvgIpc) is 2.68. The van der Waals surface area contributed by atoms with Crippen molar-refractivity contribution in [2.45, 2.75) is 101 Å². The number of esters is 1. The zero-order chi connectivity index (χ0) is 18.1. The lowest BCUT2D eigenvalue weighted by Gasteiger charge is -2.47. The molecule has 25 heavy (non-hydrogen) atoms. The summed E-state index contributed by atoms with van der Waals surface area (Å²) in [5.74, 6) is -0.150. The van der Waals surface area contributed by atoms with Gasteiger partial charge in [0.05, 0.1) is 13.2 Å². The number of ether oxygens (including phenoxy) is 3. The van der Waals surface area contributed by atoms with Gasteiger partial charge in [0.15, 0.2) is 6.29 Å². The molecule has 1 atom stereocenters. The lowest BCUT2D eigenvalue weighted by atomic mass is 9.86. The van der Waals surface area contributed by atoms with Crippen LogP contribution in [0.3, 0.4) is 0 Å². The Morgan fingerprint density at radius 2 is 1.36 bits per heavy atom.